The predicted octanol–water partition coefficient (Wildman–Crippen LogP) is 0.353. The van der Waals surface area contributed by atoms with E-state index in [4.69, 9.17) is 5.11 Å². The zero-order valence-electron chi connectivity index (χ0n) is 13.5. The van der Waals surface area contributed by atoms with E-state index in [2.05, 4.69) is 9.47 Å². The molecule has 0 aliphatic rings. The third kappa shape index (κ3) is 3.89. The van der Waals surface area contributed by atoms with E-state index >= 15 is 0 Å². The normalized spacial score (nSPS) is 12.5. The third-order valence-electron chi connectivity index (χ3n) is 3.33. The van der Waals surface area contributed by atoms with Crippen LogP contribution in [0.1, 0.15) is 27.6 Å². The van der Waals surface area contributed by atoms with E-state index in [1.54, 1.807) is 0 Å². The van der Waals surface area contributed by atoms with Gasteiger partial charge in [0.1, 0.15) is 6.04 Å². The Morgan fingerprint density at radius 2 is 1.46 bits per heavy atom. The predicted molar refractivity (Wildman–Crippen MR) is 81.2 cm³/mol. The van der Waals surface area contributed by atoms with Crippen molar-refractivity contribution in [1.82, 2.24) is 4.31 Å². The number of likely N-dealkylation sites (N-methyl/N-ethyl adjacent to an activating group) is 1. The molecule has 9 nitrogen and oxygen atoms in total. The number of ether oxygens (including phenoxy) is 2. The average Bonchev–Trinajstić information content (AvgIpc) is 2.58. The van der Waals surface area contributed by atoms with Gasteiger partial charge < -0.3 is 14.6 Å². The van der Waals surface area contributed by atoms with Crippen LogP contribution in [0, 0.1) is 0 Å². The van der Waals surface area contributed by atoms with Crippen molar-refractivity contribution in [3.8, 4) is 0 Å². The number of methoxy groups -OCH3 is 2. The molecule has 1 atom stereocenters. The quantitative estimate of drug-likeness (QED) is 0.721. The summed E-state index contributed by atoms with van der Waals surface area (Å²) in [6.07, 6.45) is 0. The number of rotatable bonds is 6. The van der Waals surface area contributed by atoms with Crippen molar-refractivity contribution in [1.29, 1.82) is 0 Å². The molecule has 0 fully saturated rings. The van der Waals surface area contributed by atoms with Crippen LogP contribution < -0.4 is 0 Å². The molecule has 0 amide bonds. The van der Waals surface area contributed by atoms with Crippen LogP contribution >= 0.6 is 0 Å². The van der Waals surface area contributed by atoms with Crippen molar-refractivity contribution in [2.45, 2.75) is 17.9 Å². The summed E-state index contributed by atoms with van der Waals surface area (Å²) >= 11 is 0. The molecule has 0 spiro atoms. The lowest BCUT2D eigenvalue weighted by Gasteiger charge is -2.21. The maximum absolute atomic E-state index is 12.6. The number of hydrogen-bond donors (Lipinski definition) is 1. The highest BCUT2D eigenvalue weighted by Gasteiger charge is 2.31. The number of benzene rings is 1. The summed E-state index contributed by atoms with van der Waals surface area (Å²) in [6.45, 7) is 1.19. The summed E-state index contributed by atoms with van der Waals surface area (Å²) in [4.78, 5) is 34.0. The molecule has 132 valence electrons. The number of hydrogen-bond acceptors (Lipinski definition) is 7. The van der Waals surface area contributed by atoms with Crippen molar-refractivity contribution < 1.29 is 37.4 Å². The second kappa shape index (κ2) is 7.41. The van der Waals surface area contributed by atoms with Crippen LogP contribution in [0.3, 0.4) is 0 Å². The fraction of sp³-hybridized carbons (Fsp3) is 0.357. The topological polar surface area (TPSA) is 127 Å². The van der Waals surface area contributed by atoms with Gasteiger partial charge in [0.25, 0.3) is 0 Å². The van der Waals surface area contributed by atoms with Gasteiger partial charge in [0, 0.05) is 7.05 Å². The lowest BCUT2D eigenvalue weighted by molar-refractivity contribution is -0.140. The summed E-state index contributed by atoms with van der Waals surface area (Å²) in [7, 11) is -1.00. The second-order valence-corrected chi connectivity index (χ2v) is 6.76. The Morgan fingerprint density at radius 3 is 1.79 bits per heavy atom. The van der Waals surface area contributed by atoms with Gasteiger partial charge >= 0.3 is 17.9 Å². The molecule has 1 aromatic rings. The van der Waals surface area contributed by atoms with E-state index in [-0.39, 0.29) is 11.1 Å². The van der Waals surface area contributed by atoms with Crippen molar-refractivity contribution in [2.24, 2.45) is 0 Å². The van der Waals surface area contributed by atoms with Crippen molar-refractivity contribution in [2.75, 3.05) is 21.3 Å². The highest BCUT2D eigenvalue weighted by Crippen LogP contribution is 2.21. The number of sulfonamides is 1. The fourth-order valence-corrected chi connectivity index (χ4v) is 3.14. The first-order chi connectivity index (χ1) is 11.1. The smallest absolute Gasteiger partial charge is 0.337 e. The van der Waals surface area contributed by atoms with E-state index in [0.717, 1.165) is 39.5 Å². The molecule has 0 aromatic heterocycles. The summed E-state index contributed by atoms with van der Waals surface area (Å²) < 4.78 is 34.8. The van der Waals surface area contributed by atoms with Gasteiger partial charge in [-0.2, -0.15) is 4.31 Å². The average molecular weight is 359 g/mol. The SMILES string of the molecule is COC(=O)c1cc(C(=O)OC)cc(S(=O)(=O)N(C)C(C)C(=O)O)c1. The molecular formula is C14H17NO8S. The minimum Gasteiger partial charge on any atom is -0.480 e. The Kier molecular flexibility index (Phi) is 6.04. The van der Waals surface area contributed by atoms with Crippen LogP contribution in [0.15, 0.2) is 23.1 Å². The number of carbonyl (C=O) groups is 3. The maximum Gasteiger partial charge on any atom is 0.337 e. The lowest BCUT2D eigenvalue weighted by atomic mass is 10.1. The second-order valence-electron chi connectivity index (χ2n) is 4.76. The van der Waals surface area contributed by atoms with Gasteiger partial charge in [0.2, 0.25) is 10.0 Å². The van der Waals surface area contributed by atoms with Crippen LogP contribution in [0.5, 0.6) is 0 Å². The number of nitrogens with zero attached hydrogens (tertiary/aromatic N) is 1. The molecule has 10 heteroatoms. The Labute approximate surface area is 138 Å². The first-order valence-corrected chi connectivity index (χ1v) is 8.02. The van der Waals surface area contributed by atoms with Crippen LogP contribution in [0.2, 0.25) is 0 Å². The Hall–Kier alpha value is -2.46. The van der Waals surface area contributed by atoms with Gasteiger partial charge in [-0.05, 0) is 25.1 Å². The van der Waals surface area contributed by atoms with Crippen molar-refractivity contribution in [3.63, 3.8) is 0 Å². The van der Waals surface area contributed by atoms with Crippen molar-refractivity contribution in [3.05, 3.63) is 29.3 Å². The monoisotopic (exact) mass is 359 g/mol. The molecule has 0 bridgehead atoms. The molecule has 1 N–H and O–H groups in total. The van der Waals surface area contributed by atoms with Gasteiger partial charge in [-0.15, -0.1) is 0 Å². The van der Waals surface area contributed by atoms with Crippen molar-refractivity contribution >= 4 is 27.9 Å². The maximum atomic E-state index is 12.6. The van der Waals surface area contributed by atoms with Gasteiger partial charge in [-0.25, -0.2) is 18.0 Å². The Balaban J connectivity index is 3.53. The standard InChI is InChI=1S/C14H17NO8S/c1-8(12(16)17)15(2)24(20,21)11-6-9(13(18)22-3)5-10(7-11)14(19)23-4/h5-8H,1-4H3,(H,16,17). The fourth-order valence-electron chi connectivity index (χ4n) is 1.75. The Bertz CT molecular complexity index is 737. The molecule has 0 saturated carbocycles. The highest BCUT2D eigenvalue weighted by molar-refractivity contribution is 7.89. The van der Waals surface area contributed by atoms with Crippen LogP contribution in [-0.2, 0) is 24.3 Å². The van der Waals surface area contributed by atoms with Gasteiger partial charge in [0.15, 0.2) is 0 Å². The molecule has 1 unspecified atom stereocenters. The largest absolute Gasteiger partial charge is 0.480 e. The molecule has 0 aliphatic carbocycles. The number of aliphatic carboxylic acids is 1. The van der Waals surface area contributed by atoms with Crippen LogP contribution in [0.25, 0.3) is 0 Å². The molecule has 1 rings (SSSR count). The van der Waals surface area contributed by atoms with Crippen LogP contribution in [-0.4, -0.2) is 63.0 Å². The number of carbonyl (C=O) groups excluding carboxylic acids is 2. The molecule has 0 heterocycles. The minimum atomic E-state index is -4.27. The van der Waals surface area contributed by atoms with Crippen LogP contribution in [0.4, 0.5) is 0 Å². The molecule has 24 heavy (non-hydrogen) atoms. The van der Waals surface area contributed by atoms with Gasteiger partial charge in [-0.1, -0.05) is 0 Å². The van der Waals surface area contributed by atoms with E-state index < -0.39 is 38.9 Å². The summed E-state index contributed by atoms with van der Waals surface area (Å²) in [5, 5.41) is 8.97. The summed E-state index contributed by atoms with van der Waals surface area (Å²) in [5.74, 6) is -3.06. The van der Waals surface area contributed by atoms with Gasteiger partial charge in [-0.3, -0.25) is 4.79 Å². The molecular weight excluding hydrogens is 342 g/mol. The van der Waals surface area contributed by atoms with E-state index in [1.165, 1.54) is 6.92 Å². The first-order valence-electron chi connectivity index (χ1n) is 6.58. The zero-order valence-corrected chi connectivity index (χ0v) is 14.3. The molecule has 0 saturated heterocycles. The molecule has 0 radical (unpaired) electrons. The number of carboxylic acid groups (broad SMARTS) is 1. The third-order valence-corrected chi connectivity index (χ3v) is 5.23. The Morgan fingerprint density at radius 1 is 1.04 bits per heavy atom. The first kappa shape index (κ1) is 19.6. The van der Waals surface area contributed by atoms with E-state index in [1.807, 2.05) is 0 Å². The molecule has 0 aliphatic heterocycles. The highest BCUT2D eigenvalue weighted by atomic mass is 32.2. The van der Waals surface area contributed by atoms with Gasteiger partial charge in [0.05, 0.1) is 30.2 Å². The lowest BCUT2D eigenvalue weighted by Crippen LogP contribution is -2.40. The van der Waals surface area contributed by atoms with E-state index in [9.17, 15) is 22.8 Å². The summed E-state index contributed by atoms with van der Waals surface area (Å²) in [5.41, 5.74) is -0.370. The zero-order chi connectivity index (χ0) is 18.7. The summed E-state index contributed by atoms with van der Waals surface area (Å²) in [6, 6.07) is 1.77. The minimum absolute atomic E-state index is 0.185. The number of esters is 2. The van der Waals surface area contributed by atoms with E-state index in [0.29, 0.717) is 4.31 Å². The molecule has 1 aromatic carbocycles. The number of carboxylic acids is 1.